The topological polar surface area (TPSA) is 50.9 Å². The summed E-state index contributed by atoms with van der Waals surface area (Å²) in [5.74, 6) is 0.412. The summed E-state index contributed by atoms with van der Waals surface area (Å²) in [5, 5.41) is 3.10. The van der Waals surface area contributed by atoms with E-state index in [0.717, 1.165) is 11.3 Å². The normalized spacial score (nSPS) is 10.3. The van der Waals surface area contributed by atoms with Crippen LogP contribution in [0.2, 0.25) is 0 Å². The standard InChI is InChI=1S/C12H11BrFN3/c1-7-4-8(15)6-16-12(7)17-9-2-3-11(14)10(13)5-9/h2-6H,15H2,1H3,(H,16,17). The van der Waals surface area contributed by atoms with Crippen LogP contribution in [0.15, 0.2) is 34.9 Å². The monoisotopic (exact) mass is 295 g/mol. The van der Waals surface area contributed by atoms with Gasteiger partial charge in [-0.25, -0.2) is 9.37 Å². The number of hydrogen-bond acceptors (Lipinski definition) is 3. The third-order valence-corrected chi connectivity index (χ3v) is 2.89. The first-order valence-electron chi connectivity index (χ1n) is 5.00. The van der Waals surface area contributed by atoms with Crippen LogP contribution >= 0.6 is 15.9 Å². The number of anilines is 3. The number of aromatic nitrogens is 1. The molecule has 0 saturated heterocycles. The van der Waals surface area contributed by atoms with Crippen molar-refractivity contribution in [2.75, 3.05) is 11.1 Å². The lowest BCUT2D eigenvalue weighted by Crippen LogP contribution is -1.98. The highest BCUT2D eigenvalue weighted by atomic mass is 79.9. The summed E-state index contributed by atoms with van der Waals surface area (Å²) < 4.78 is 13.5. The van der Waals surface area contributed by atoms with Gasteiger partial charge in [0.1, 0.15) is 11.6 Å². The second-order valence-electron chi connectivity index (χ2n) is 3.69. The summed E-state index contributed by atoms with van der Waals surface area (Å²) in [7, 11) is 0. The van der Waals surface area contributed by atoms with E-state index in [1.807, 2.05) is 13.0 Å². The molecule has 1 heterocycles. The van der Waals surface area contributed by atoms with Gasteiger partial charge in [0.25, 0.3) is 0 Å². The fourth-order valence-electron chi connectivity index (χ4n) is 1.44. The zero-order valence-corrected chi connectivity index (χ0v) is 10.8. The Morgan fingerprint density at radius 2 is 2.12 bits per heavy atom. The van der Waals surface area contributed by atoms with Crippen LogP contribution in [0.25, 0.3) is 0 Å². The molecule has 17 heavy (non-hydrogen) atoms. The van der Waals surface area contributed by atoms with Crippen molar-refractivity contribution in [3.05, 3.63) is 46.3 Å². The number of benzene rings is 1. The maximum absolute atomic E-state index is 13.1. The molecular weight excluding hydrogens is 285 g/mol. The highest BCUT2D eigenvalue weighted by Crippen LogP contribution is 2.24. The molecule has 0 aliphatic carbocycles. The molecule has 88 valence electrons. The van der Waals surface area contributed by atoms with Gasteiger partial charge < -0.3 is 11.1 Å². The van der Waals surface area contributed by atoms with E-state index in [-0.39, 0.29) is 5.82 Å². The number of nitrogen functional groups attached to an aromatic ring is 1. The molecule has 0 unspecified atom stereocenters. The Balaban J connectivity index is 2.28. The molecule has 0 saturated carbocycles. The van der Waals surface area contributed by atoms with E-state index in [0.29, 0.717) is 16.0 Å². The van der Waals surface area contributed by atoms with Gasteiger partial charge >= 0.3 is 0 Å². The maximum atomic E-state index is 13.1. The van der Waals surface area contributed by atoms with E-state index < -0.39 is 0 Å². The maximum Gasteiger partial charge on any atom is 0.137 e. The zero-order valence-electron chi connectivity index (χ0n) is 9.17. The molecular formula is C12H11BrFN3. The molecule has 3 N–H and O–H groups in total. The smallest absolute Gasteiger partial charge is 0.137 e. The lowest BCUT2D eigenvalue weighted by atomic mass is 10.2. The van der Waals surface area contributed by atoms with E-state index in [2.05, 4.69) is 26.2 Å². The fourth-order valence-corrected chi connectivity index (χ4v) is 1.82. The van der Waals surface area contributed by atoms with Crippen molar-refractivity contribution in [3.63, 3.8) is 0 Å². The summed E-state index contributed by atoms with van der Waals surface area (Å²) in [6.45, 7) is 1.91. The predicted molar refractivity (Wildman–Crippen MR) is 70.8 cm³/mol. The molecule has 0 aliphatic heterocycles. The Morgan fingerprint density at radius 1 is 1.35 bits per heavy atom. The predicted octanol–water partition coefficient (Wildman–Crippen LogP) is 3.62. The highest BCUT2D eigenvalue weighted by Gasteiger charge is 2.03. The molecule has 2 aromatic rings. The van der Waals surface area contributed by atoms with Gasteiger partial charge in [-0.2, -0.15) is 0 Å². The minimum Gasteiger partial charge on any atom is -0.397 e. The van der Waals surface area contributed by atoms with Gasteiger partial charge in [0.15, 0.2) is 0 Å². The van der Waals surface area contributed by atoms with Crippen LogP contribution in [0.3, 0.4) is 0 Å². The fraction of sp³-hybridized carbons (Fsp3) is 0.0833. The van der Waals surface area contributed by atoms with Gasteiger partial charge in [0.2, 0.25) is 0 Å². The van der Waals surface area contributed by atoms with E-state index in [9.17, 15) is 4.39 Å². The molecule has 5 heteroatoms. The molecule has 1 aromatic heterocycles. The number of pyridine rings is 1. The second-order valence-corrected chi connectivity index (χ2v) is 4.54. The summed E-state index contributed by atoms with van der Waals surface area (Å²) >= 11 is 3.13. The molecule has 0 bridgehead atoms. The molecule has 3 nitrogen and oxygen atoms in total. The second kappa shape index (κ2) is 4.71. The van der Waals surface area contributed by atoms with Crippen molar-refractivity contribution in [2.45, 2.75) is 6.92 Å². The average molecular weight is 296 g/mol. The number of nitrogens with zero attached hydrogens (tertiary/aromatic N) is 1. The van der Waals surface area contributed by atoms with Crippen molar-refractivity contribution in [3.8, 4) is 0 Å². The van der Waals surface area contributed by atoms with E-state index in [1.54, 1.807) is 18.3 Å². The van der Waals surface area contributed by atoms with Crippen LogP contribution in [0.5, 0.6) is 0 Å². The first-order valence-corrected chi connectivity index (χ1v) is 5.80. The van der Waals surface area contributed by atoms with Gasteiger partial charge in [-0.15, -0.1) is 0 Å². The van der Waals surface area contributed by atoms with Crippen LogP contribution in [0.4, 0.5) is 21.6 Å². The van der Waals surface area contributed by atoms with Crippen LogP contribution < -0.4 is 11.1 Å². The Hall–Kier alpha value is -1.62. The van der Waals surface area contributed by atoms with Gasteiger partial charge in [-0.05, 0) is 52.7 Å². The average Bonchev–Trinajstić information content (AvgIpc) is 2.27. The first-order chi connectivity index (χ1) is 8.06. The van der Waals surface area contributed by atoms with Crippen LogP contribution in [-0.4, -0.2) is 4.98 Å². The molecule has 0 radical (unpaired) electrons. The molecule has 0 fully saturated rings. The summed E-state index contributed by atoms with van der Waals surface area (Å²) in [4.78, 5) is 4.18. The Morgan fingerprint density at radius 3 is 2.76 bits per heavy atom. The quantitative estimate of drug-likeness (QED) is 0.890. The van der Waals surface area contributed by atoms with E-state index in [4.69, 9.17) is 5.73 Å². The molecule has 0 atom stereocenters. The molecule has 0 aliphatic rings. The summed E-state index contributed by atoms with van der Waals surface area (Å²) in [6, 6.07) is 6.53. The Labute approximate surface area is 107 Å². The number of halogens is 2. The van der Waals surface area contributed by atoms with Crippen LogP contribution in [0.1, 0.15) is 5.56 Å². The van der Waals surface area contributed by atoms with Crippen molar-refractivity contribution in [1.29, 1.82) is 0 Å². The number of nitrogens with two attached hydrogens (primary N) is 1. The van der Waals surface area contributed by atoms with Crippen LogP contribution in [0, 0.1) is 12.7 Å². The molecule has 2 rings (SSSR count). The number of hydrogen-bond donors (Lipinski definition) is 2. The number of aryl methyl sites for hydroxylation is 1. The van der Waals surface area contributed by atoms with Crippen molar-refractivity contribution in [1.82, 2.24) is 4.98 Å². The zero-order chi connectivity index (χ0) is 12.4. The van der Waals surface area contributed by atoms with Crippen molar-refractivity contribution < 1.29 is 4.39 Å². The Bertz CT molecular complexity index is 557. The lowest BCUT2D eigenvalue weighted by molar-refractivity contribution is 0.621. The van der Waals surface area contributed by atoms with Gasteiger partial charge in [-0.1, -0.05) is 0 Å². The van der Waals surface area contributed by atoms with Crippen LogP contribution in [-0.2, 0) is 0 Å². The lowest BCUT2D eigenvalue weighted by Gasteiger charge is -2.09. The SMILES string of the molecule is Cc1cc(N)cnc1Nc1ccc(F)c(Br)c1. The summed E-state index contributed by atoms with van der Waals surface area (Å²) in [5.41, 5.74) is 7.93. The van der Waals surface area contributed by atoms with E-state index in [1.165, 1.54) is 6.07 Å². The number of rotatable bonds is 2. The van der Waals surface area contributed by atoms with Crippen molar-refractivity contribution in [2.24, 2.45) is 0 Å². The Kier molecular flexibility index (Phi) is 3.28. The number of nitrogens with one attached hydrogen (secondary N) is 1. The highest BCUT2D eigenvalue weighted by molar-refractivity contribution is 9.10. The third-order valence-electron chi connectivity index (χ3n) is 2.28. The minimum atomic E-state index is -0.294. The van der Waals surface area contributed by atoms with Gasteiger partial charge in [0, 0.05) is 5.69 Å². The minimum absolute atomic E-state index is 0.294. The summed E-state index contributed by atoms with van der Waals surface area (Å²) in [6.07, 6.45) is 1.58. The van der Waals surface area contributed by atoms with E-state index >= 15 is 0 Å². The third kappa shape index (κ3) is 2.74. The first kappa shape index (κ1) is 11.9. The molecule has 1 aromatic carbocycles. The van der Waals surface area contributed by atoms with Gasteiger partial charge in [0.05, 0.1) is 16.4 Å². The molecule has 0 spiro atoms. The van der Waals surface area contributed by atoms with Crippen molar-refractivity contribution >= 4 is 33.1 Å². The van der Waals surface area contributed by atoms with Gasteiger partial charge in [-0.3, -0.25) is 0 Å². The molecule has 0 amide bonds. The largest absolute Gasteiger partial charge is 0.397 e.